The van der Waals surface area contributed by atoms with Gasteiger partial charge in [-0.2, -0.15) is 0 Å². The van der Waals surface area contributed by atoms with Gasteiger partial charge in [-0.25, -0.2) is 9.97 Å². The first-order chi connectivity index (χ1) is 7.69. The molecule has 4 nitrogen and oxygen atoms in total. The molecule has 0 unspecified atom stereocenters. The molecule has 0 saturated heterocycles. The summed E-state index contributed by atoms with van der Waals surface area (Å²) in [5, 5.41) is 9.17. The zero-order chi connectivity index (χ0) is 11.5. The molecule has 0 radical (unpaired) electrons. The molecule has 0 bridgehead atoms. The maximum absolute atomic E-state index is 4.56. The minimum absolute atomic E-state index is 0.883. The Hall–Kier alpha value is -0.980. The van der Waals surface area contributed by atoms with E-state index in [1.54, 1.807) is 22.7 Å². The summed E-state index contributed by atoms with van der Waals surface area (Å²) in [7, 11) is 5.97. The molecule has 2 aromatic rings. The number of rotatable bonds is 4. The number of hydrogen-bond acceptors (Lipinski definition) is 6. The normalized spacial score (nSPS) is 11.0. The molecular formula is C10H14N4S2. The Balaban J connectivity index is 2.17. The molecule has 86 valence electrons. The van der Waals surface area contributed by atoms with E-state index in [2.05, 4.69) is 25.6 Å². The largest absolute Gasteiger partial charge is 0.365 e. The van der Waals surface area contributed by atoms with E-state index in [0.717, 1.165) is 28.1 Å². The second kappa shape index (κ2) is 4.90. The van der Waals surface area contributed by atoms with Gasteiger partial charge in [0.25, 0.3) is 0 Å². The average Bonchev–Trinajstić information content (AvgIpc) is 2.83. The average molecular weight is 254 g/mol. The van der Waals surface area contributed by atoms with E-state index in [9.17, 15) is 0 Å². The molecule has 0 saturated carbocycles. The fraction of sp³-hybridized carbons (Fsp3) is 0.400. The molecule has 0 atom stereocenters. The summed E-state index contributed by atoms with van der Waals surface area (Å²) >= 11 is 3.28. The summed E-state index contributed by atoms with van der Waals surface area (Å²) in [5.74, 6) is 0. The van der Waals surface area contributed by atoms with E-state index < -0.39 is 0 Å². The first-order valence-corrected chi connectivity index (χ1v) is 6.67. The van der Waals surface area contributed by atoms with E-state index in [-0.39, 0.29) is 0 Å². The molecule has 16 heavy (non-hydrogen) atoms. The molecule has 2 heterocycles. The van der Waals surface area contributed by atoms with E-state index in [0.29, 0.717) is 0 Å². The van der Waals surface area contributed by atoms with Gasteiger partial charge in [-0.15, -0.1) is 22.7 Å². The zero-order valence-corrected chi connectivity index (χ0v) is 11.2. The van der Waals surface area contributed by atoms with Crippen LogP contribution in [-0.2, 0) is 6.54 Å². The summed E-state index contributed by atoms with van der Waals surface area (Å²) in [5.41, 5.74) is 1.93. The van der Waals surface area contributed by atoms with Gasteiger partial charge in [0.15, 0.2) is 5.13 Å². The molecule has 0 aromatic carbocycles. The van der Waals surface area contributed by atoms with Crippen molar-refractivity contribution in [1.82, 2.24) is 14.9 Å². The predicted molar refractivity (Wildman–Crippen MR) is 70.2 cm³/mol. The van der Waals surface area contributed by atoms with Crippen molar-refractivity contribution in [2.75, 3.05) is 26.5 Å². The van der Waals surface area contributed by atoms with Crippen molar-refractivity contribution in [3.8, 4) is 11.4 Å². The summed E-state index contributed by atoms with van der Waals surface area (Å²) in [4.78, 5) is 11.1. The molecule has 0 fully saturated rings. The van der Waals surface area contributed by atoms with Crippen LogP contribution >= 0.6 is 22.7 Å². The van der Waals surface area contributed by atoms with Crippen LogP contribution in [-0.4, -0.2) is 36.0 Å². The fourth-order valence-corrected chi connectivity index (χ4v) is 2.85. The van der Waals surface area contributed by atoms with Gasteiger partial charge in [-0.05, 0) is 14.1 Å². The molecule has 0 aliphatic rings. The molecule has 2 aromatic heterocycles. The Bertz CT molecular complexity index is 461. The van der Waals surface area contributed by atoms with Crippen LogP contribution in [0, 0.1) is 0 Å². The number of hydrogen-bond donors (Lipinski definition) is 1. The van der Waals surface area contributed by atoms with E-state index in [4.69, 9.17) is 0 Å². The third kappa shape index (κ3) is 2.58. The minimum Gasteiger partial charge on any atom is -0.365 e. The topological polar surface area (TPSA) is 41.1 Å². The van der Waals surface area contributed by atoms with Crippen LogP contribution < -0.4 is 5.32 Å². The zero-order valence-electron chi connectivity index (χ0n) is 9.52. The predicted octanol–water partition coefficient (Wildman–Crippen LogP) is 2.37. The van der Waals surface area contributed by atoms with Gasteiger partial charge in [0.1, 0.15) is 16.4 Å². The van der Waals surface area contributed by atoms with E-state index in [1.807, 2.05) is 26.5 Å². The summed E-state index contributed by atoms with van der Waals surface area (Å²) < 4.78 is 0. The third-order valence-electron chi connectivity index (χ3n) is 1.98. The molecule has 0 aliphatic carbocycles. The molecule has 0 amide bonds. The van der Waals surface area contributed by atoms with Crippen molar-refractivity contribution in [2.45, 2.75) is 6.54 Å². The number of nitrogens with one attached hydrogen (secondary N) is 1. The fourth-order valence-electron chi connectivity index (χ4n) is 1.28. The summed E-state index contributed by atoms with van der Waals surface area (Å²) in [6.07, 6.45) is 0. The van der Waals surface area contributed by atoms with Gasteiger partial charge in [-0.1, -0.05) is 0 Å². The van der Waals surface area contributed by atoms with Crippen molar-refractivity contribution in [3.05, 3.63) is 15.8 Å². The van der Waals surface area contributed by atoms with Crippen molar-refractivity contribution < 1.29 is 0 Å². The smallest absolute Gasteiger partial charge is 0.183 e. The molecule has 0 aliphatic heterocycles. The molecule has 6 heteroatoms. The first-order valence-electron chi connectivity index (χ1n) is 4.92. The summed E-state index contributed by atoms with van der Waals surface area (Å²) in [6.45, 7) is 0.883. The Morgan fingerprint density at radius 2 is 1.88 bits per heavy atom. The van der Waals surface area contributed by atoms with Crippen LogP contribution in [0.3, 0.4) is 0 Å². The van der Waals surface area contributed by atoms with Gasteiger partial charge in [0, 0.05) is 24.4 Å². The van der Waals surface area contributed by atoms with Gasteiger partial charge in [-0.3, -0.25) is 0 Å². The third-order valence-corrected chi connectivity index (χ3v) is 3.68. The summed E-state index contributed by atoms with van der Waals surface area (Å²) in [6, 6.07) is 0. The van der Waals surface area contributed by atoms with Crippen LogP contribution in [0.25, 0.3) is 11.4 Å². The van der Waals surface area contributed by atoms with E-state index in [1.165, 1.54) is 0 Å². The van der Waals surface area contributed by atoms with Crippen LogP contribution in [0.15, 0.2) is 10.8 Å². The van der Waals surface area contributed by atoms with Crippen LogP contribution in [0.2, 0.25) is 0 Å². The highest BCUT2D eigenvalue weighted by atomic mass is 32.1. The van der Waals surface area contributed by atoms with Gasteiger partial charge in [0.2, 0.25) is 0 Å². The minimum atomic E-state index is 0.883. The van der Waals surface area contributed by atoms with Crippen LogP contribution in [0.5, 0.6) is 0 Å². The van der Waals surface area contributed by atoms with Gasteiger partial charge < -0.3 is 10.2 Å². The number of anilines is 1. The molecule has 1 N–H and O–H groups in total. The van der Waals surface area contributed by atoms with Crippen LogP contribution in [0.4, 0.5) is 5.13 Å². The Kier molecular flexibility index (Phi) is 3.52. The lowest BCUT2D eigenvalue weighted by molar-refractivity contribution is 0.402. The highest BCUT2D eigenvalue weighted by Gasteiger charge is 2.08. The lowest BCUT2D eigenvalue weighted by Crippen LogP contribution is -2.10. The second-order valence-corrected chi connectivity index (χ2v) is 5.45. The highest BCUT2D eigenvalue weighted by Crippen LogP contribution is 2.26. The number of aromatic nitrogens is 2. The molecule has 0 spiro atoms. The maximum Gasteiger partial charge on any atom is 0.183 e. The maximum atomic E-state index is 4.56. The standard InChI is InChI=1S/C10H14N4S2/c1-11-10-13-8(6-16-10)7-5-15-9(12-7)4-14(2)3/h5-6H,4H2,1-3H3,(H,11,13). The Morgan fingerprint density at radius 3 is 2.50 bits per heavy atom. The molecular weight excluding hydrogens is 240 g/mol. The van der Waals surface area contributed by atoms with Crippen molar-refractivity contribution in [3.63, 3.8) is 0 Å². The van der Waals surface area contributed by atoms with Crippen LogP contribution in [0.1, 0.15) is 5.01 Å². The lowest BCUT2D eigenvalue weighted by Gasteiger charge is -2.04. The van der Waals surface area contributed by atoms with Crippen molar-refractivity contribution in [1.29, 1.82) is 0 Å². The van der Waals surface area contributed by atoms with Gasteiger partial charge in [0.05, 0.1) is 0 Å². The highest BCUT2D eigenvalue weighted by molar-refractivity contribution is 7.14. The monoisotopic (exact) mass is 254 g/mol. The van der Waals surface area contributed by atoms with Gasteiger partial charge >= 0.3 is 0 Å². The SMILES string of the molecule is CNc1nc(-c2csc(CN(C)C)n2)cs1. The Labute approximate surface area is 103 Å². The lowest BCUT2D eigenvalue weighted by atomic mass is 10.4. The van der Waals surface area contributed by atoms with Crippen molar-refractivity contribution >= 4 is 27.8 Å². The van der Waals surface area contributed by atoms with E-state index >= 15 is 0 Å². The number of thiazole rings is 2. The number of nitrogens with zero attached hydrogens (tertiary/aromatic N) is 3. The second-order valence-electron chi connectivity index (χ2n) is 3.65. The first kappa shape index (κ1) is 11.5. The van der Waals surface area contributed by atoms with Crippen molar-refractivity contribution in [2.24, 2.45) is 0 Å². The Morgan fingerprint density at radius 1 is 1.19 bits per heavy atom. The quantitative estimate of drug-likeness (QED) is 0.909. The molecule has 2 rings (SSSR count).